The highest BCUT2D eigenvalue weighted by molar-refractivity contribution is 5.96. The van der Waals surface area contributed by atoms with Crippen LogP contribution in [0.2, 0.25) is 0 Å². The molecule has 8 nitrogen and oxygen atoms in total. The van der Waals surface area contributed by atoms with E-state index in [1.54, 1.807) is 6.92 Å². The number of esters is 1. The molecule has 3 fully saturated rings. The fourth-order valence-electron chi connectivity index (χ4n) is 9.58. The highest BCUT2D eigenvalue weighted by atomic mass is 16.6. The second kappa shape index (κ2) is 11.6. The van der Waals surface area contributed by atoms with Crippen molar-refractivity contribution in [3.05, 3.63) is 47.7 Å². The number of amides is 1. The van der Waals surface area contributed by atoms with Gasteiger partial charge in [0, 0.05) is 29.4 Å². The number of ether oxygens (including phenoxy) is 1. The molecule has 1 unspecified atom stereocenters. The van der Waals surface area contributed by atoms with E-state index < -0.39 is 17.9 Å². The van der Waals surface area contributed by atoms with E-state index in [0.29, 0.717) is 30.0 Å². The van der Waals surface area contributed by atoms with Crippen LogP contribution in [0.15, 0.2) is 47.3 Å². The second-order valence-electron chi connectivity index (χ2n) is 13.9. The van der Waals surface area contributed by atoms with Crippen LogP contribution < -0.4 is 5.32 Å². The minimum absolute atomic E-state index is 0.158. The lowest BCUT2D eigenvalue weighted by atomic mass is 9.46. The molecule has 4 aliphatic rings. The zero-order valence-electron chi connectivity index (χ0n) is 25.9. The average molecular weight is 588 g/mol. The molecule has 8 heteroatoms. The number of carbonyl (C=O) groups excluding carboxylic acids is 3. The van der Waals surface area contributed by atoms with Crippen LogP contribution in [0.3, 0.4) is 0 Å². The lowest BCUT2D eigenvalue weighted by molar-refractivity contribution is -0.145. The van der Waals surface area contributed by atoms with Gasteiger partial charge in [0.2, 0.25) is 0 Å². The quantitative estimate of drug-likeness (QED) is 0.295. The first-order valence-corrected chi connectivity index (χ1v) is 16.0. The molecule has 2 aromatic rings. The summed E-state index contributed by atoms with van der Waals surface area (Å²) < 4.78 is 4.96. The molecule has 0 radical (unpaired) electrons. The molecule has 1 heterocycles. The van der Waals surface area contributed by atoms with Gasteiger partial charge in [-0.25, -0.2) is 4.79 Å². The van der Waals surface area contributed by atoms with Crippen molar-refractivity contribution in [1.82, 2.24) is 10.3 Å². The van der Waals surface area contributed by atoms with Gasteiger partial charge in [0.1, 0.15) is 11.8 Å². The molecule has 7 atom stereocenters. The molecule has 0 bridgehead atoms. The first kappa shape index (κ1) is 29.6. The topological polar surface area (TPSA) is 110 Å². The normalized spacial score (nSPS) is 33.1. The van der Waals surface area contributed by atoms with E-state index in [9.17, 15) is 14.4 Å². The lowest BCUT2D eigenvalue weighted by Crippen LogP contribution is -2.51. The molecule has 43 heavy (non-hydrogen) atoms. The number of rotatable bonds is 8. The molecule has 3 saturated carbocycles. The molecule has 1 aromatic heterocycles. The summed E-state index contributed by atoms with van der Waals surface area (Å²) in [4.78, 5) is 46.4. The number of aromatic amines is 1. The maximum Gasteiger partial charge on any atom is 0.328 e. The summed E-state index contributed by atoms with van der Waals surface area (Å²) in [6.45, 7) is 6.37. The number of allylic oxidation sites excluding steroid dienone is 2. The summed E-state index contributed by atoms with van der Waals surface area (Å²) in [5.74, 6) is 1.69. The van der Waals surface area contributed by atoms with Crippen molar-refractivity contribution >= 4 is 34.3 Å². The highest BCUT2D eigenvalue weighted by Gasteiger charge is 2.59. The molecule has 1 amide bonds. The third-order valence-corrected chi connectivity index (χ3v) is 11.8. The van der Waals surface area contributed by atoms with Crippen molar-refractivity contribution in [3.63, 3.8) is 0 Å². The van der Waals surface area contributed by atoms with Gasteiger partial charge in [-0.05, 0) is 105 Å². The Labute approximate surface area is 254 Å². The Bertz CT molecular complexity index is 1470. The Morgan fingerprint density at radius 1 is 1.07 bits per heavy atom. The minimum atomic E-state index is -0.830. The zero-order valence-corrected chi connectivity index (χ0v) is 25.9. The van der Waals surface area contributed by atoms with Gasteiger partial charge < -0.3 is 19.9 Å². The summed E-state index contributed by atoms with van der Waals surface area (Å²) >= 11 is 0. The lowest BCUT2D eigenvalue weighted by Gasteiger charge is -2.58. The molecule has 0 spiro atoms. The fraction of sp³-hybridized carbons (Fsp3) is 0.600. The Morgan fingerprint density at radius 3 is 2.67 bits per heavy atom. The van der Waals surface area contributed by atoms with Crippen LogP contribution in [-0.4, -0.2) is 48.1 Å². The van der Waals surface area contributed by atoms with Crippen LogP contribution in [0, 0.1) is 34.5 Å². The van der Waals surface area contributed by atoms with Crippen molar-refractivity contribution in [1.29, 1.82) is 0 Å². The Morgan fingerprint density at radius 2 is 1.88 bits per heavy atom. The predicted molar refractivity (Wildman–Crippen MR) is 165 cm³/mol. The first-order chi connectivity index (χ1) is 20.6. The molecule has 6 rings (SSSR count). The Balaban J connectivity index is 1.07. The van der Waals surface area contributed by atoms with Gasteiger partial charge in [-0.2, -0.15) is 0 Å². The number of fused-ring (bicyclic) bond motifs is 6. The molecule has 230 valence electrons. The van der Waals surface area contributed by atoms with Gasteiger partial charge in [-0.1, -0.05) is 42.8 Å². The number of nitrogens with one attached hydrogen (secondary N) is 2. The molecule has 2 N–H and O–H groups in total. The third-order valence-electron chi connectivity index (χ3n) is 11.8. The van der Waals surface area contributed by atoms with Gasteiger partial charge in [-0.15, -0.1) is 0 Å². The van der Waals surface area contributed by atoms with Gasteiger partial charge in [0.25, 0.3) is 5.91 Å². The van der Waals surface area contributed by atoms with Crippen molar-refractivity contribution in [3.8, 4) is 0 Å². The van der Waals surface area contributed by atoms with E-state index in [4.69, 9.17) is 9.57 Å². The van der Waals surface area contributed by atoms with E-state index in [-0.39, 0.29) is 23.4 Å². The van der Waals surface area contributed by atoms with Crippen LogP contribution >= 0.6 is 0 Å². The van der Waals surface area contributed by atoms with Gasteiger partial charge in [-0.3, -0.25) is 9.59 Å². The molecule has 4 aliphatic carbocycles. The maximum absolute atomic E-state index is 12.8. The number of hydrogen-bond donors (Lipinski definition) is 2. The maximum atomic E-state index is 12.8. The molecule has 1 aromatic carbocycles. The number of aromatic nitrogens is 1. The fourth-order valence-corrected chi connectivity index (χ4v) is 9.58. The summed E-state index contributed by atoms with van der Waals surface area (Å²) in [5.41, 5.74) is 4.56. The number of hydrogen-bond acceptors (Lipinski definition) is 6. The van der Waals surface area contributed by atoms with Crippen LogP contribution in [0.25, 0.3) is 10.9 Å². The van der Waals surface area contributed by atoms with Crippen molar-refractivity contribution < 1.29 is 24.0 Å². The van der Waals surface area contributed by atoms with Crippen LogP contribution in [0.1, 0.15) is 77.7 Å². The molecule has 0 aliphatic heterocycles. The average Bonchev–Trinajstić information content (AvgIpc) is 3.57. The number of benzene rings is 1. The number of H-pyrrole nitrogens is 1. The third kappa shape index (κ3) is 5.31. The number of oxime groups is 1. The molecule has 0 saturated heterocycles. The summed E-state index contributed by atoms with van der Waals surface area (Å²) in [6, 6.07) is 7.01. The van der Waals surface area contributed by atoms with Crippen LogP contribution in [0.4, 0.5) is 0 Å². The van der Waals surface area contributed by atoms with E-state index in [2.05, 4.69) is 35.4 Å². The van der Waals surface area contributed by atoms with Gasteiger partial charge in [0.05, 0.1) is 12.8 Å². The van der Waals surface area contributed by atoms with Crippen molar-refractivity contribution in [2.24, 2.45) is 39.7 Å². The van der Waals surface area contributed by atoms with Gasteiger partial charge >= 0.3 is 5.97 Å². The number of Topliss-reactive ketones (excluding diaryl/α,β-unsaturated/α-hetero) is 1. The number of methoxy groups -OCH3 is 1. The largest absolute Gasteiger partial charge is 0.467 e. The Kier molecular flexibility index (Phi) is 7.99. The summed E-state index contributed by atoms with van der Waals surface area (Å²) in [5, 5.41) is 8.12. The zero-order chi connectivity index (χ0) is 30.4. The van der Waals surface area contributed by atoms with Crippen LogP contribution in [0.5, 0.6) is 0 Å². The SMILES string of the molecule is COC(=O)C(Cc1c[nH]c2ccccc12)NC(=O)CO/N=C1/C=C2CC[C@H]3[C@@H]4CC[C@H](C(C)=O)[C@@]4(C)CC[C@@H]3[C@@]2(C)CC1. The summed E-state index contributed by atoms with van der Waals surface area (Å²) in [6.07, 6.45) is 13.1. The number of para-hydroxylation sites is 1. The van der Waals surface area contributed by atoms with Crippen LogP contribution in [-0.2, 0) is 30.4 Å². The van der Waals surface area contributed by atoms with E-state index in [1.165, 1.54) is 31.9 Å². The van der Waals surface area contributed by atoms with Crippen molar-refractivity contribution in [2.75, 3.05) is 13.7 Å². The Hall–Kier alpha value is -3.42. The smallest absolute Gasteiger partial charge is 0.328 e. The molecular weight excluding hydrogens is 542 g/mol. The standard InChI is InChI=1S/C35H45N3O5/c1-21(39)27-11-12-28-26-10-9-23-18-24(13-15-34(23,2)29(26)14-16-35(27,28)3)38-43-20-32(40)37-31(33(41)42-4)17-22-19-36-30-8-6-5-7-25(22)30/h5-8,18-19,26-29,31,36H,9-17,20H2,1-4H3,(H,37,40)/b38-24+/t26-,27+,28-,29-,31?,34-,35+/m0/s1. The number of nitrogens with zero attached hydrogens (tertiary/aromatic N) is 1. The van der Waals surface area contributed by atoms with E-state index in [1.807, 2.05) is 30.5 Å². The number of carbonyl (C=O) groups is 3. The highest BCUT2D eigenvalue weighted by Crippen LogP contribution is 2.66. The van der Waals surface area contributed by atoms with Gasteiger partial charge in [0.15, 0.2) is 6.61 Å². The first-order valence-electron chi connectivity index (χ1n) is 16.0. The predicted octanol–water partition coefficient (Wildman–Crippen LogP) is 5.91. The van der Waals surface area contributed by atoms with Crippen molar-refractivity contribution in [2.45, 2.75) is 84.6 Å². The van der Waals surface area contributed by atoms with E-state index >= 15 is 0 Å². The minimum Gasteiger partial charge on any atom is -0.467 e. The van der Waals surface area contributed by atoms with E-state index in [0.717, 1.165) is 54.3 Å². The number of ketones is 1. The monoisotopic (exact) mass is 587 g/mol. The molecular formula is C35H45N3O5. The second-order valence-corrected chi connectivity index (χ2v) is 13.9. The summed E-state index contributed by atoms with van der Waals surface area (Å²) in [7, 11) is 1.32.